The highest BCUT2D eigenvalue weighted by atomic mass is 16.1. The van der Waals surface area contributed by atoms with Gasteiger partial charge in [0, 0.05) is 17.9 Å². The van der Waals surface area contributed by atoms with Crippen LogP contribution in [-0.2, 0) is 9.59 Å². The Kier molecular flexibility index (Phi) is 6.87. The van der Waals surface area contributed by atoms with Crippen molar-refractivity contribution in [1.29, 1.82) is 0 Å². The molecule has 1 amide bonds. The molecule has 0 spiro atoms. The summed E-state index contributed by atoms with van der Waals surface area (Å²) >= 11 is 0. The van der Waals surface area contributed by atoms with E-state index < -0.39 is 5.91 Å². The summed E-state index contributed by atoms with van der Waals surface area (Å²) in [7, 11) is 0. The lowest BCUT2D eigenvalue weighted by Gasteiger charge is -2.07. The molecular weight excluding hydrogens is 214 g/mol. The summed E-state index contributed by atoms with van der Waals surface area (Å²) in [5, 5.41) is 0. The summed E-state index contributed by atoms with van der Waals surface area (Å²) in [6.45, 7) is 8.97. The maximum Gasteiger partial charge on any atom is 0.244 e. The quantitative estimate of drug-likeness (QED) is 0.544. The second-order valence-electron chi connectivity index (χ2n) is 4.23. The molecule has 0 unspecified atom stereocenters. The van der Waals surface area contributed by atoms with Crippen LogP contribution in [0.5, 0.6) is 0 Å². The van der Waals surface area contributed by atoms with Crippen molar-refractivity contribution in [3.05, 3.63) is 36.0 Å². The molecule has 0 bridgehead atoms. The van der Waals surface area contributed by atoms with Crippen LogP contribution in [0.1, 0.15) is 33.6 Å². The minimum Gasteiger partial charge on any atom is -0.366 e. The lowest BCUT2D eigenvalue weighted by Crippen LogP contribution is -2.14. The fraction of sp³-hybridized carbons (Fsp3) is 0.429. The van der Waals surface area contributed by atoms with Crippen molar-refractivity contribution < 1.29 is 9.59 Å². The molecule has 2 N–H and O–H groups in total. The monoisotopic (exact) mass is 235 g/mol. The van der Waals surface area contributed by atoms with Crippen molar-refractivity contribution >= 4 is 11.7 Å². The molecule has 0 aliphatic rings. The Hall–Kier alpha value is -1.64. The summed E-state index contributed by atoms with van der Waals surface area (Å²) in [6.07, 6.45) is 6.11. The molecule has 0 rings (SSSR count). The first kappa shape index (κ1) is 15.4. The van der Waals surface area contributed by atoms with E-state index in [9.17, 15) is 9.59 Å². The van der Waals surface area contributed by atoms with Gasteiger partial charge in [-0.3, -0.25) is 9.59 Å². The number of ketones is 1. The zero-order valence-electron chi connectivity index (χ0n) is 10.8. The number of hydrogen-bond acceptors (Lipinski definition) is 2. The van der Waals surface area contributed by atoms with E-state index in [4.69, 9.17) is 5.73 Å². The Bertz CT molecular complexity index is 362. The Balaban J connectivity index is 4.80. The normalized spacial score (nSPS) is 12.7. The number of allylic oxidation sites excluding steroid dienone is 4. The third-order valence-electron chi connectivity index (χ3n) is 2.57. The topological polar surface area (TPSA) is 60.2 Å². The number of carbonyl (C=O) groups excluding carboxylic acids is 2. The van der Waals surface area contributed by atoms with Gasteiger partial charge in [-0.05, 0) is 18.9 Å². The molecule has 17 heavy (non-hydrogen) atoms. The van der Waals surface area contributed by atoms with Crippen molar-refractivity contribution in [2.24, 2.45) is 11.7 Å². The van der Waals surface area contributed by atoms with Crippen molar-refractivity contribution in [2.45, 2.75) is 33.6 Å². The minimum absolute atomic E-state index is 0.0218. The number of carbonyl (C=O) groups is 2. The number of amides is 1. The molecule has 94 valence electrons. The van der Waals surface area contributed by atoms with Crippen molar-refractivity contribution in [3.63, 3.8) is 0 Å². The zero-order valence-corrected chi connectivity index (χ0v) is 10.8. The van der Waals surface area contributed by atoms with Gasteiger partial charge in [-0.2, -0.15) is 0 Å². The summed E-state index contributed by atoms with van der Waals surface area (Å²) in [4.78, 5) is 22.6. The molecule has 0 atom stereocenters. The number of Topliss-reactive ketones (excluding diaryl/α,β-unsaturated/α-hetero) is 1. The molecule has 0 fully saturated rings. The van der Waals surface area contributed by atoms with Gasteiger partial charge in [-0.25, -0.2) is 0 Å². The Labute approximate surface area is 103 Å². The highest BCUT2D eigenvalue weighted by Gasteiger charge is 2.10. The smallest absolute Gasteiger partial charge is 0.244 e. The summed E-state index contributed by atoms with van der Waals surface area (Å²) in [5.41, 5.74) is 6.53. The van der Waals surface area contributed by atoms with E-state index in [1.807, 2.05) is 13.8 Å². The second-order valence-corrected chi connectivity index (χ2v) is 4.23. The lowest BCUT2D eigenvalue weighted by molar-refractivity contribution is -0.122. The minimum atomic E-state index is -0.453. The maximum absolute atomic E-state index is 11.5. The van der Waals surface area contributed by atoms with Crippen LogP contribution in [0, 0.1) is 5.92 Å². The van der Waals surface area contributed by atoms with Crippen LogP contribution in [0.4, 0.5) is 0 Å². The van der Waals surface area contributed by atoms with Crippen LogP contribution in [0.2, 0.25) is 0 Å². The van der Waals surface area contributed by atoms with Gasteiger partial charge < -0.3 is 5.73 Å². The molecule has 0 aliphatic heterocycles. The summed E-state index contributed by atoms with van der Waals surface area (Å²) in [6, 6.07) is 0. The number of hydrogen-bond donors (Lipinski definition) is 1. The van der Waals surface area contributed by atoms with Crippen LogP contribution in [0.3, 0.4) is 0 Å². The third-order valence-corrected chi connectivity index (χ3v) is 2.57. The standard InChI is InChI=1S/C14H21NO2/c1-5-6-7-12(11(4)14(15)17)8-9-13(16)10(2)3/h5-7,10H,1,8-9H2,2-4H3,(H2,15,17)/b7-6-,12-11-. The molecule has 0 heterocycles. The largest absolute Gasteiger partial charge is 0.366 e. The Morgan fingerprint density at radius 3 is 2.29 bits per heavy atom. The van der Waals surface area contributed by atoms with E-state index in [1.54, 1.807) is 25.2 Å². The number of primary amides is 1. The first-order valence-electron chi connectivity index (χ1n) is 5.71. The van der Waals surface area contributed by atoms with Gasteiger partial charge in [0.15, 0.2) is 0 Å². The SMILES string of the molecule is C=C/C=C\C(CCC(=O)C(C)C)=C(/C)C(N)=O. The van der Waals surface area contributed by atoms with Gasteiger partial charge in [0.05, 0.1) is 0 Å². The van der Waals surface area contributed by atoms with E-state index >= 15 is 0 Å². The molecule has 0 saturated carbocycles. The molecule has 0 aromatic carbocycles. The van der Waals surface area contributed by atoms with E-state index in [2.05, 4.69) is 6.58 Å². The molecule has 0 aliphatic carbocycles. The van der Waals surface area contributed by atoms with E-state index in [0.717, 1.165) is 5.57 Å². The van der Waals surface area contributed by atoms with Gasteiger partial charge in [0.2, 0.25) is 5.91 Å². The van der Waals surface area contributed by atoms with Crippen LogP contribution in [-0.4, -0.2) is 11.7 Å². The fourth-order valence-electron chi connectivity index (χ4n) is 1.28. The highest BCUT2D eigenvalue weighted by molar-refractivity contribution is 5.92. The predicted octanol–water partition coefficient (Wildman–Crippen LogP) is 2.54. The average Bonchev–Trinajstić information content (AvgIpc) is 2.27. The molecule has 0 aromatic rings. The molecule has 3 heteroatoms. The van der Waals surface area contributed by atoms with Gasteiger partial charge in [-0.15, -0.1) is 0 Å². The van der Waals surface area contributed by atoms with Crippen molar-refractivity contribution in [2.75, 3.05) is 0 Å². The van der Waals surface area contributed by atoms with Gasteiger partial charge in [0.25, 0.3) is 0 Å². The third kappa shape index (κ3) is 5.85. The molecule has 3 nitrogen and oxygen atoms in total. The van der Waals surface area contributed by atoms with Crippen LogP contribution < -0.4 is 5.73 Å². The zero-order chi connectivity index (χ0) is 13.4. The molecular formula is C14H21NO2. The predicted molar refractivity (Wildman–Crippen MR) is 70.3 cm³/mol. The first-order chi connectivity index (χ1) is 7.90. The van der Waals surface area contributed by atoms with Crippen LogP contribution in [0.15, 0.2) is 36.0 Å². The van der Waals surface area contributed by atoms with Gasteiger partial charge in [0.1, 0.15) is 5.78 Å². The maximum atomic E-state index is 11.5. The molecule has 0 radical (unpaired) electrons. The average molecular weight is 235 g/mol. The van der Waals surface area contributed by atoms with Crippen LogP contribution >= 0.6 is 0 Å². The van der Waals surface area contributed by atoms with Crippen molar-refractivity contribution in [1.82, 2.24) is 0 Å². The lowest BCUT2D eigenvalue weighted by atomic mass is 9.98. The fourth-order valence-corrected chi connectivity index (χ4v) is 1.28. The van der Waals surface area contributed by atoms with E-state index in [1.165, 1.54) is 0 Å². The van der Waals surface area contributed by atoms with Gasteiger partial charge >= 0.3 is 0 Å². The van der Waals surface area contributed by atoms with E-state index in [0.29, 0.717) is 18.4 Å². The second kappa shape index (κ2) is 7.60. The van der Waals surface area contributed by atoms with Crippen molar-refractivity contribution in [3.8, 4) is 0 Å². The summed E-state index contributed by atoms with van der Waals surface area (Å²) in [5.74, 6) is -0.244. The van der Waals surface area contributed by atoms with E-state index in [-0.39, 0.29) is 11.7 Å². The Morgan fingerprint density at radius 2 is 1.88 bits per heavy atom. The Morgan fingerprint density at radius 1 is 1.29 bits per heavy atom. The summed E-state index contributed by atoms with van der Waals surface area (Å²) < 4.78 is 0. The number of rotatable bonds is 7. The van der Waals surface area contributed by atoms with Gasteiger partial charge in [-0.1, -0.05) is 38.7 Å². The molecule has 0 aromatic heterocycles. The van der Waals surface area contributed by atoms with Crippen LogP contribution in [0.25, 0.3) is 0 Å². The molecule has 0 saturated heterocycles. The number of nitrogens with two attached hydrogens (primary N) is 1. The first-order valence-corrected chi connectivity index (χ1v) is 5.71. The highest BCUT2D eigenvalue weighted by Crippen LogP contribution is 2.15.